The predicted octanol–water partition coefficient (Wildman–Crippen LogP) is 2.80. The van der Waals surface area contributed by atoms with Crippen molar-refractivity contribution in [2.45, 2.75) is 19.3 Å². The number of carbonyl (C=O) groups is 2. The molecule has 1 N–H and O–H groups in total. The van der Waals surface area contributed by atoms with Gasteiger partial charge in [-0.3, -0.25) is 9.59 Å². The van der Waals surface area contributed by atoms with Crippen molar-refractivity contribution >= 4 is 40.7 Å². The van der Waals surface area contributed by atoms with Gasteiger partial charge in [0.15, 0.2) is 0 Å². The van der Waals surface area contributed by atoms with Gasteiger partial charge in [-0.2, -0.15) is 0 Å². The average Bonchev–Trinajstić information content (AvgIpc) is 3.15. The standard InChI is InChI=1S/C19H23Cl2N3O2/c20-15-6-16(21)8-17(7-15)24-11-14(5-18(24)25)19(26)23-3-1-12-9-22-10-13(12)2-4-23/h6-8,12-14,22H,1-5,9-11H2/t12-,13+,14?. The molecule has 4 rings (SSSR count). The van der Waals surface area contributed by atoms with Crippen molar-refractivity contribution in [3.8, 4) is 0 Å². The van der Waals surface area contributed by atoms with E-state index < -0.39 is 0 Å². The Morgan fingerprint density at radius 2 is 1.65 bits per heavy atom. The minimum Gasteiger partial charge on any atom is -0.342 e. The first-order chi connectivity index (χ1) is 12.5. The van der Waals surface area contributed by atoms with Gasteiger partial charge in [-0.05, 0) is 56.0 Å². The summed E-state index contributed by atoms with van der Waals surface area (Å²) in [6, 6.07) is 5.08. The molecule has 3 saturated heterocycles. The second-order valence-electron chi connectivity index (χ2n) is 7.61. The molecule has 3 fully saturated rings. The van der Waals surface area contributed by atoms with E-state index in [-0.39, 0.29) is 24.2 Å². The second-order valence-corrected chi connectivity index (χ2v) is 8.49. The van der Waals surface area contributed by atoms with Crippen molar-refractivity contribution < 1.29 is 9.59 Å². The summed E-state index contributed by atoms with van der Waals surface area (Å²) in [5.74, 6) is 1.15. The highest BCUT2D eigenvalue weighted by Gasteiger charge is 2.39. The molecular weight excluding hydrogens is 373 g/mol. The Labute approximate surface area is 163 Å². The zero-order valence-electron chi connectivity index (χ0n) is 14.6. The second kappa shape index (κ2) is 7.37. The van der Waals surface area contributed by atoms with Crippen LogP contribution in [0.25, 0.3) is 0 Å². The van der Waals surface area contributed by atoms with Gasteiger partial charge in [0, 0.05) is 41.8 Å². The van der Waals surface area contributed by atoms with Gasteiger partial charge in [0.05, 0.1) is 5.92 Å². The zero-order valence-corrected chi connectivity index (χ0v) is 16.1. The van der Waals surface area contributed by atoms with Crippen LogP contribution in [-0.4, -0.2) is 49.4 Å². The van der Waals surface area contributed by atoms with Crippen LogP contribution < -0.4 is 10.2 Å². The van der Waals surface area contributed by atoms with Crippen LogP contribution in [0.1, 0.15) is 19.3 Å². The number of halogens is 2. The number of nitrogens with one attached hydrogen (secondary N) is 1. The van der Waals surface area contributed by atoms with Crippen molar-refractivity contribution in [3.63, 3.8) is 0 Å². The van der Waals surface area contributed by atoms with Crippen LogP contribution in [0.2, 0.25) is 10.0 Å². The highest BCUT2D eigenvalue weighted by Crippen LogP contribution is 2.32. The molecule has 2 amide bonds. The van der Waals surface area contributed by atoms with Gasteiger partial charge in [-0.1, -0.05) is 23.2 Å². The monoisotopic (exact) mass is 395 g/mol. The van der Waals surface area contributed by atoms with E-state index in [0.717, 1.165) is 39.0 Å². The van der Waals surface area contributed by atoms with Crippen molar-refractivity contribution in [3.05, 3.63) is 28.2 Å². The number of fused-ring (bicyclic) bond motifs is 1. The minimum absolute atomic E-state index is 0.0439. The third kappa shape index (κ3) is 3.57. The summed E-state index contributed by atoms with van der Waals surface area (Å²) in [6.45, 7) is 4.14. The molecule has 1 unspecified atom stereocenters. The molecule has 0 saturated carbocycles. The molecule has 0 radical (unpaired) electrons. The Morgan fingerprint density at radius 1 is 1.04 bits per heavy atom. The van der Waals surface area contributed by atoms with Crippen molar-refractivity contribution in [1.82, 2.24) is 10.2 Å². The largest absolute Gasteiger partial charge is 0.342 e. The third-order valence-electron chi connectivity index (χ3n) is 5.96. The lowest BCUT2D eigenvalue weighted by molar-refractivity contribution is -0.135. The molecule has 1 aromatic carbocycles. The Morgan fingerprint density at radius 3 is 2.27 bits per heavy atom. The number of benzene rings is 1. The van der Waals surface area contributed by atoms with E-state index in [0.29, 0.717) is 34.1 Å². The lowest BCUT2D eigenvalue weighted by Gasteiger charge is -2.24. The zero-order chi connectivity index (χ0) is 18.3. The maximum Gasteiger partial charge on any atom is 0.228 e. The lowest BCUT2D eigenvalue weighted by Crippen LogP contribution is -2.38. The molecule has 0 spiro atoms. The molecule has 3 aliphatic rings. The van der Waals surface area contributed by atoms with E-state index in [9.17, 15) is 9.59 Å². The summed E-state index contributed by atoms with van der Waals surface area (Å²) in [7, 11) is 0. The molecule has 5 nitrogen and oxygen atoms in total. The average molecular weight is 396 g/mol. The fourth-order valence-corrected chi connectivity index (χ4v) is 5.03. The highest BCUT2D eigenvalue weighted by atomic mass is 35.5. The van der Waals surface area contributed by atoms with E-state index in [4.69, 9.17) is 23.2 Å². The van der Waals surface area contributed by atoms with Crippen LogP contribution in [0.4, 0.5) is 5.69 Å². The number of anilines is 1. The van der Waals surface area contributed by atoms with E-state index in [1.54, 1.807) is 23.1 Å². The van der Waals surface area contributed by atoms with Crippen LogP contribution in [0.3, 0.4) is 0 Å². The predicted molar refractivity (Wildman–Crippen MR) is 103 cm³/mol. The molecule has 3 atom stereocenters. The molecule has 0 aliphatic carbocycles. The molecule has 3 aliphatic heterocycles. The smallest absolute Gasteiger partial charge is 0.228 e. The Bertz CT molecular complexity index is 692. The number of rotatable bonds is 2. The number of nitrogens with zero attached hydrogens (tertiary/aromatic N) is 2. The first-order valence-corrected chi connectivity index (χ1v) is 10.0. The molecule has 1 aromatic rings. The Kier molecular flexibility index (Phi) is 5.13. The highest BCUT2D eigenvalue weighted by molar-refractivity contribution is 6.35. The first-order valence-electron chi connectivity index (χ1n) is 9.27. The fraction of sp³-hybridized carbons (Fsp3) is 0.579. The number of carbonyl (C=O) groups excluding carboxylic acids is 2. The Hall–Kier alpha value is -1.30. The molecule has 0 bridgehead atoms. The van der Waals surface area contributed by atoms with Crippen LogP contribution in [0.5, 0.6) is 0 Å². The van der Waals surface area contributed by atoms with E-state index in [1.807, 2.05) is 4.90 Å². The van der Waals surface area contributed by atoms with Gasteiger partial charge in [-0.15, -0.1) is 0 Å². The Balaban J connectivity index is 1.43. The van der Waals surface area contributed by atoms with Gasteiger partial charge in [0.2, 0.25) is 11.8 Å². The summed E-state index contributed by atoms with van der Waals surface area (Å²) >= 11 is 12.1. The summed E-state index contributed by atoms with van der Waals surface area (Å²) in [4.78, 5) is 29.1. The van der Waals surface area contributed by atoms with Crippen LogP contribution in [0.15, 0.2) is 18.2 Å². The lowest BCUT2D eigenvalue weighted by atomic mass is 9.92. The maximum absolute atomic E-state index is 13.0. The van der Waals surface area contributed by atoms with Gasteiger partial charge in [0.1, 0.15) is 0 Å². The van der Waals surface area contributed by atoms with Crippen LogP contribution in [0, 0.1) is 17.8 Å². The molecule has 0 aromatic heterocycles. The van der Waals surface area contributed by atoms with Crippen molar-refractivity contribution in [2.24, 2.45) is 17.8 Å². The van der Waals surface area contributed by atoms with E-state index in [2.05, 4.69) is 5.32 Å². The first kappa shape index (κ1) is 18.1. The van der Waals surface area contributed by atoms with Crippen molar-refractivity contribution in [1.29, 1.82) is 0 Å². The van der Waals surface area contributed by atoms with Gasteiger partial charge in [0.25, 0.3) is 0 Å². The number of hydrogen-bond donors (Lipinski definition) is 1. The third-order valence-corrected chi connectivity index (χ3v) is 6.40. The van der Waals surface area contributed by atoms with Gasteiger partial charge < -0.3 is 15.1 Å². The van der Waals surface area contributed by atoms with Crippen LogP contribution >= 0.6 is 23.2 Å². The summed E-state index contributed by atoms with van der Waals surface area (Å²) in [5.41, 5.74) is 0.666. The SMILES string of the molecule is O=C(C1CC(=O)N(c2cc(Cl)cc(Cl)c2)C1)N1CC[C@@H]2CNC[C@@H]2CC1. The molecular formula is C19H23Cl2N3O2. The minimum atomic E-state index is -0.281. The normalized spacial score (nSPS) is 29.0. The van der Waals surface area contributed by atoms with Crippen molar-refractivity contribution in [2.75, 3.05) is 37.6 Å². The van der Waals surface area contributed by atoms with E-state index in [1.165, 1.54) is 0 Å². The topological polar surface area (TPSA) is 52.7 Å². The summed E-state index contributed by atoms with van der Waals surface area (Å²) in [5, 5.41) is 4.43. The molecule has 26 heavy (non-hydrogen) atoms. The summed E-state index contributed by atoms with van der Waals surface area (Å²) in [6.07, 6.45) is 2.36. The van der Waals surface area contributed by atoms with E-state index >= 15 is 0 Å². The summed E-state index contributed by atoms with van der Waals surface area (Å²) < 4.78 is 0. The number of amides is 2. The molecule has 7 heteroatoms. The molecule has 3 heterocycles. The van der Waals surface area contributed by atoms with Crippen LogP contribution in [-0.2, 0) is 9.59 Å². The fourth-order valence-electron chi connectivity index (χ4n) is 4.51. The number of likely N-dealkylation sites (tertiary alicyclic amines) is 1. The maximum atomic E-state index is 13.0. The van der Waals surface area contributed by atoms with Gasteiger partial charge >= 0.3 is 0 Å². The number of hydrogen-bond acceptors (Lipinski definition) is 3. The van der Waals surface area contributed by atoms with Gasteiger partial charge in [-0.25, -0.2) is 0 Å². The quantitative estimate of drug-likeness (QED) is 0.837. The molecule has 140 valence electrons.